The van der Waals surface area contributed by atoms with E-state index in [4.69, 9.17) is 0 Å². The number of benzene rings is 3. The summed E-state index contributed by atoms with van der Waals surface area (Å²) in [5, 5.41) is 17.0. The van der Waals surface area contributed by atoms with Crippen LogP contribution in [0.5, 0.6) is 0 Å². The summed E-state index contributed by atoms with van der Waals surface area (Å²) in [5.74, 6) is -0.274. The van der Waals surface area contributed by atoms with Crippen molar-refractivity contribution in [2.75, 3.05) is 5.32 Å². The Kier molecular flexibility index (Phi) is 5.95. The zero-order valence-corrected chi connectivity index (χ0v) is 19.0. The van der Waals surface area contributed by atoms with Crippen LogP contribution in [-0.4, -0.2) is 21.4 Å². The Labute approximate surface area is 196 Å². The molecule has 1 aromatic heterocycles. The third-order valence-corrected chi connectivity index (χ3v) is 6.41. The highest BCUT2D eigenvalue weighted by Gasteiger charge is 2.17. The van der Waals surface area contributed by atoms with Gasteiger partial charge in [0.2, 0.25) is 9.81 Å². The first-order valence-electron chi connectivity index (χ1n) is 10.9. The molecule has 7 heteroatoms. The lowest BCUT2D eigenvalue weighted by molar-refractivity contribution is 0.102. The first-order valence-corrected chi connectivity index (χ1v) is 11.7. The fourth-order valence-corrected chi connectivity index (χ4v) is 4.56. The average Bonchev–Trinajstić information content (AvgIpc) is 3.28. The maximum Gasteiger partial charge on any atom is 0.286 e. The first kappa shape index (κ1) is 21.0. The van der Waals surface area contributed by atoms with Crippen LogP contribution in [0.4, 0.5) is 5.69 Å². The maximum atomic E-state index is 12.9. The van der Waals surface area contributed by atoms with E-state index in [1.54, 1.807) is 4.68 Å². The number of amides is 1. The molecule has 0 bridgehead atoms. The summed E-state index contributed by atoms with van der Waals surface area (Å²) >= 11 is 1.22. The van der Waals surface area contributed by atoms with Crippen molar-refractivity contribution < 1.29 is 4.79 Å². The minimum atomic E-state index is -0.274. The van der Waals surface area contributed by atoms with E-state index in [9.17, 15) is 4.79 Å². The van der Waals surface area contributed by atoms with Crippen LogP contribution in [0, 0.1) is 6.92 Å². The summed E-state index contributed by atoms with van der Waals surface area (Å²) in [6, 6.07) is 25.7. The summed E-state index contributed by atoms with van der Waals surface area (Å²) in [5.41, 5.74) is 6.12. The van der Waals surface area contributed by atoms with Gasteiger partial charge in [0.15, 0.2) is 0 Å². The Morgan fingerprint density at radius 2 is 1.70 bits per heavy atom. The van der Waals surface area contributed by atoms with E-state index in [0.29, 0.717) is 9.81 Å². The van der Waals surface area contributed by atoms with Crippen molar-refractivity contribution in [1.29, 1.82) is 0 Å². The standard InChI is InChI=1S/C26H23N5OS/c1-18-14-16-21(17-15-18)31-26(29-28-23-13-7-9-19-8-5-6-12-22(19)23)33-25(30-31)24(32)27-20-10-3-2-4-11-20/h2-6,8,10-12,14-17H,7,9,13H2,1H3,(H,27,32)/b28-23+,29-26+. The Morgan fingerprint density at radius 1 is 0.939 bits per heavy atom. The highest BCUT2D eigenvalue weighted by Crippen LogP contribution is 2.21. The SMILES string of the molecule is Cc1ccc(-n2nc(C(=O)Nc3ccccc3)s/c2=N/N=C2\CCCc3ccccc32)cc1. The lowest BCUT2D eigenvalue weighted by Gasteiger charge is -2.16. The second-order valence-electron chi connectivity index (χ2n) is 7.91. The molecular weight excluding hydrogens is 430 g/mol. The van der Waals surface area contributed by atoms with Crippen LogP contribution in [0.2, 0.25) is 0 Å². The van der Waals surface area contributed by atoms with E-state index in [0.717, 1.165) is 47.5 Å². The van der Waals surface area contributed by atoms with Gasteiger partial charge >= 0.3 is 0 Å². The molecule has 1 heterocycles. The van der Waals surface area contributed by atoms with E-state index in [1.807, 2.05) is 67.6 Å². The second-order valence-corrected chi connectivity index (χ2v) is 8.87. The van der Waals surface area contributed by atoms with Crippen LogP contribution < -0.4 is 10.1 Å². The second kappa shape index (κ2) is 9.34. The Balaban J connectivity index is 1.56. The molecule has 0 saturated carbocycles. The molecule has 0 atom stereocenters. The Morgan fingerprint density at radius 3 is 2.52 bits per heavy atom. The molecule has 0 radical (unpaired) electrons. The smallest absolute Gasteiger partial charge is 0.286 e. The highest BCUT2D eigenvalue weighted by molar-refractivity contribution is 7.11. The van der Waals surface area contributed by atoms with E-state index < -0.39 is 0 Å². The maximum absolute atomic E-state index is 12.9. The molecule has 1 N–H and O–H groups in total. The van der Waals surface area contributed by atoms with Crippen LogP contribution in [0.25, 0.3) is 5.69 Å². The molecule has 0 unspecified atom stereocenters. The molecule has 164 valence electrons. The Hall–Kier alpha value is -3.84. The summed E-state index contributed by atoms with van der Waals surface area (Å²) in [6.45, 7) is 2.03. The minimum absolute atomic E-state index is 0.274. The van der Waals surface area contributed by atoms with Crippen molar-refractivity contribution in [3.05, 3.63) is 105 Å². The molecule has 1 aliphatic rings. The summed E-state index contributed by atoms with van der Waals surface area (Å²) in [7, 11) is 0. The molecular formula is C26H23N5OS. The fraction of sp³-hybridized carbons (Fsp3) is 0.154. The average molecular weight is 454 g/mol. The van der Waals surface area contributed by atoms with E-state index in [2.05, 4.69) is 38.8 Å². The third kappa shape index (κ3) is 4.68. The molecule has 3 aromatic carbocycles. The molecule has 0 saturated heterocycles. The van der Waals surface area contributed by atoms with Gasteiger partial charge in [-0.2, -0.15) is 5.10 Å². The number of hydrogen-bond acceptors (Lipinski definition) is 5. The minimum Gasteiger partial charge on any atom is -0.320 e. The molecule has 0 spiro atoms. The number of aromatic nitrogens is 2. The largest absolute Gasteiger partial charge is 0.320 e. The number of carbonyl (C=O) groups excluding carboxylic acids is 1. The molecule has 1 aliphatic carbocycles. The molecule has 6 nitrogen and oxygen atoms in total. The Bertz CT molecular complexity index is 1380. The van der Waals surface area contributed by atoms with E-state index in [-0.39, 0.29) is 5.91 Å². The molecule has 0 aliphatic heterocycles. The predicted octanol–water partition coefficient (Wildman–Crippen LogP) is 5.14. The quantitative estimate of drug-likeness (QED) is 0.435. The van der Waals surface area contributed by atoms with E-state index >= 15 is 0 Å². The van der Waals surface area contributed by atoms with Gasteiger partial charge in [-0.1, -0.05) is 71.5 Å². The molecule has 4 aromatic rings. The van der Waals surface area contributed by atoms with Gasteiger partial charge in [0.1, 0.15) is 0 Å². The van der Waals surface area contributed by atoms with Crippen molar-refractivity contribution in [3.63, 3.8) is 0 Å². The van der Waals surface area contributed by atoms with Crippen LogP contribution in [-0.2, 0) is 6.42 Å². The number of nitrogens with one attached hydrogen (secondary N) is 1. The van der Waals surface area contributed by atoms with Crippen molar-refractivity contribution in [2.24, 2.45) is 10.2 Å². The van der Waals surface area contributed by atoms with Crippen molar-refractivity contribution in [3.8, 4) is 5.69 Å². The zero-order chi connectivity index (χ0) is 22.6. The lowest BCUT2D eigenvalue weighted by Crippen LogP contribution is -2.16. The van der Waals surface area contributed by atoms with Crippen LogP contribution in [0.3, 0.4) is 0 Å². The number of aryl methyl sites for hydroxylation is 2. The van der Waals surface area contributed by atoms with Crippen LogP contribution in [0.1, 0.15) is 39.3 Å². The number of anilines is 1. The van der Waals surface area contributed by atoms with Gasteiger partial charge in [-0.25, -0.2) is 4.68 Å². The first-order chi connectivity index (χ1) is 16.2. The summed E-state index contributed by atoms with van der Waals surface area (Å²) in [4.78, 5) is 13.4. The van der Waals surface area contributed by atoms with Gasteiger partial charge in [0.05, 0.1) is 11.4 Å². The van der Waals surface area contributed by atoms with Gasteiger partial charge in [0.25, 0.3) is 5.91 Å². The number of hydrogen-bond donors (Lipinski definition) is 1. The van der Waals surface area contributed by atoms with Crippen molar-refractivity contribution in [1.82, 2.24) is 9.78 Å². The van der Waals surface area contributed by atoms with Crippen molar-refractivity contribution >= 4 is 28.6 Å². The van der Waals surface area contributed by atoms with Gasteiger partial charge in [0, 0.05) is 11.3 Å². The highest BCUT2D eigenvalue weighted by atomic mass is 32.1. The topological polar surface area (TPSA) is 71.6 Å². The lowest BCUT2D eigenvalue weighted by atomic mass is 9.90. The fourth-order valence-electron chi connectivity index (χ4n) is 3.81. The number of carbonyl (C=O) groups is 1. The van der Waals surface area contributed by atoms with E-state index in [1.165, 1.54) is 16.9 Å². The third-order valence-electron chi connectivity index (χ3n) is 5.51. The normalized spacial score (nSPS) is 14.8. The molecule has 0 fully saturated rings. The summed E-state index contributed by atoms with van der Waals surface area (Å²) in [6.07, 6.45) is 2.99. The number of fused-ring (bicyclic) bond motifs is 1. The monoisotopic (exact) mass is 453 g/mol. The molecule has 1 amide bonds. The van der Waals surface area contributed by atoms with Gasteiger partial charge in [-0.3, -0.25) is 4.79 Å². The van der Waals surface area contributed by atoms with Crippen LogP contribution in [0.15, 0.2) is 89.1 Å². The summed E-state index contributed by atoms with van der Waals surface area (Å²) < 4.78 is 1.68. The molecule has 5 rings (SSSR count). The van der Waals surface area contributed by atoms with Gasteiger partial charge < -0.3 is 5.32 Å². The number of para-hydroxylation sites is 1. The van der Waals surface area contributed by atoms with Crippen molar-refractivity contribution in [2.45, 2.75) is 26.2 Å². The predicted molar refractivity (Wildman–Crippen MR) is 132 cm³/mol. The van der Waals surface area contributed by atoms with Gasteiger partial charge in [-0.05, 0) is 56.0 Å². The zero-order valence-electron chi connectivity index (χ0n) is 18.2. The number of rotatable bonds is 4. The molecule has 33 heavy (non-hydrogen) atoms. The van der Waals surface area contributed by atoms with Crippen LogP contribution >= 0.6 is 11.3 Å². The number of nitrogens with zero attached hydrogens (tertiary/aromatic N) is 4. The van der Waals surface area contributed by atoms with Gasteiger partial charge in [-0.15, -0.1) is 10.2 Å².